The van der Waals surface area contributed by atoms with E-state index in [0.717, 1.165) is 18.8 Å². The molecule has 0 aliphatic carbocycles. The second-order valence-corrected chi connectivity index (χ2v) is 8.12. The summed E-state index contributed by atoms with van der Waals surface area (Å²) in [4.78, 5) is 14.5. The number of amides is 1. The first-order valence-corrected chi connectivity index (χ1v) is 9.69. The summed E-state index contributed by atoms with van der Waals surface area (Å²) in [6, 6.07) is 6.12. The van der Waals surface area contributed by atoms with Gasteiger partial charge in [-0.3, -0.25) is 4.79 Å². The molecule has 0 unspecified atom stereocenters. The molecule has 0 spiro atoms. The number of likely N-dealkylation sites (tertiary alicyclic amines) is 1. The summed E-state index contributed by atoms with van der Waals surface area (Å²) in [5.41, 5.74) is 3.34. The van der Waals surface area contributed by atoms with Crippen molar-refractivity contribution in [3.8, 4) is 5.69 Å². The van der Waals surface area contributed by atoms with Crippen LogP contribution < -0.4 is 0 Å². The molecule has 134 valence electrons. The van der Waals surface area contributed by atoms with E-state index in [9.17, 15) is 4.79 Å². The Morgan fingerprint density at radius 1 is 1.20 bits per heavy atom. The van der Waals surface area contributed by atoms with Gasteiger partial charge in [-0.1, -0.05) is 31.7 Å². The number of aromatic nitrogens is 4. The van der Waals surface area contributed by atoms with Gasteiger partial charge in [0.15, 0.2) is 0 Å². The zero-order valence-electron chi connectivity index (χ0n) is 15.3. The maximum absolute atomic E-state index is 12.6. The van der Waals surface area contributed by atoms with Crippen molar-refractivity contribution in [3.63, 3.8) is 0 Å². The molecule has 1 aromatic carbocycles. The van der Waals surface area contributed by atoms with Crippen LogP contribution in [0.1, 0.15) is 31.4 Å². The Bertz CT molecular complexity index is 750. The number of carbonyl (C=O) groups is 1. The van der Waals surface area contributed by atoms with E-state index in [-0.39, 0.29) is 5.91 Å². The van der Waals surface area contributed by atoms with Crippen LogP contribution in [0, 0.1) is 25.7 Å². The van der Waals surface area contributed by atoms with Crippen LogP contribution in [0.2, 0.25) is 0 Å². The Hall–Kier alpha value is -1.89. The molecule has 0 radical (unpaired) electrons. The molecule has 2 heterocycles. The minimum Gasteiger partial charge on any atom is -0.341 e. The highest BCUT2D eigenvalue weighted by molar-refractivity contribution is 7.99. The molecule has 0 bridgehead atoms. The smallest absolute Gasteiger partial charge is 0.233 e. The number of hydrogen-bond donors (Lipinski definition) is 0. The van der Waals surface area contributed by atoms with Crippen LogP contribution in [-0.4, -0.2) is 49.9 Å². The normalized spacial score (nSPS) is 20.7. The van der Waals surface area contributed by atoms with E-state index in [1.165, 1.54) is 29.3 Å². The molecule has 2 atom stereocenters. The van der Waals surface area contributed by atoms with Gasteiger partial charge in [0.1, 0.15) is 0 Å². The van der Waals surface area contributed by atoms with Crippen LogP contribution in [0.4, 0.5) is 0 Å². The van der Waals surface area contributed by atoms with Crippen molar-refractivity contribution >= 4 is 17.7 Å². The fourth-order valence-electron chi connectivity index (χ4n) is 3.37. The first-order valence-electron chi connectivity index (χ1n) is 8.70. The summed E-state index contributed by atoms with van der Waals surface area (Å²) in [6.07, 6.45) is 1.20. The molecule has 1 aliphatic rings. The second kappa shape index (κ2) is 7.56. The Kier molecular flexibility index (Phi) is 5.42. The van der Waals surface area contributed by atoms with Crippen molar-refractivity contribution in [1.82, 2.24) is 25.1 Å². The maximum atomic E-state index is 12.6. The van der Waals surface area contributed by atoms with Crippen molar-refractivity contribution in [2.24, 2.45) is 11.8 Å². The third-order valence-corrected chi connectivity index (χ3v) is 5.63. The maximum Gasteiger partial charge on any atom is 0.233 e. The number of carbonyl (C=O) groups excluding carboxylic acids is 1. The number of piperidine rings is 1. The van der Waals surface area contributed by atoms with E-state index >= 15 is 0 Å². The molecule has 0 saturated carbocycles. The largest absolute Gasteiger partial charge is 0.341 e. The lowest BCUT2D eigenvalue weighted by Crippen LogP contribution is -2.43. The summed E-state index contributed by atoms with van der Waals surface area (Å²) in [7, 11) is 0. The first-order chi connectivity index (χ1) is 11.9. The van der Waals surface area contributed by atoms with Crippen molar-refractivity contribution in [1.29, 1.82) is 0 Å². The molecule has 1 fully saturated rings. The Balaban J connectivity index is 1.67. The SMILES string of the molecule is Cc1ccc(-n2nnnc2SCC(=O)N2C[C@H](C)C[C@H](C)C2)cc1C. The summed E-state index contributed by atoms with van der Waals surface area (Å²) < 4.78 is 1.70. The summed E-state index contributed by atoms with van der Waals surface area (Å²) in [5.74, 6) is 1.67. The summed E-state index contributed by atoms with van der Waals surface area (Å²) in [6.45, 7) is 10.3. The van der Waals surface area contributed by atoms with E-state index in [1.54, 1.807) is 4.68 Å². The van der Waals surface area contributed by atoms with Crippen molar-refractivity contribution in [2.75, 3.05) is 18.8 Å². The summed E-state index contributed by atoms with van der Waals surface area (Å²) in [5, 5.41) is 12.6. The minimum atomic E-state index is 0.165. The molecule has 6 nitrogen and oxygen atoms in total. The third-order valence-electron chi connectivity index (χ3n) is 4.72. The lowest BCUT2D eigenvalue weighted by Gasteiger charge is -2.34. The van der Waals surface area contributed by atoms with E-state index < -0.39 is 0 Å². The molecule has 1 amide bonds. The Morgan fingerprint density at radius 3 is 2.60 bits per heavy atom. The number of aryl methyl sites for hydroxylation is 2. The molecule has 25 heavy (non-hydrogen) atoms. The molecule has 3 rings (SSSR count). The van der Waals surface area contributed by atoms with E-state index in [2.05, 4.69) is 55.4 Å². The van der Waals surface area contributed by atoms with Gasteiger partial charge in [-0.05, 0) is 65.8 Å². The molecule has 0 N–H and O–H groups in total. The zero-order valence-corrected chi connectivity index (χ0v) is 16.1. The predicted molar refractivity (Wildman–Crippen MR) is 98.9 cm³/mol. The first kappa shape index (κ1) is 17.9. The number of rotatable bonds is 4. The fraction of sp³-hybridized carbons (Fsp3) is 0.556. The monoisotopic (exact) mass is 359 g/mol. The number of tetrazole rings is 1. The second-order valence-electron chi connectivity index (χ2n) is 7.18. The van der Waals surface area contributed by atoms with Gasteiger partial charge in [0, 0.05) is 13.1 Å². The van der Waals surface area contributed by atoms with Crippen LogP contribution in [0.15, 0.2) is 23.4 Å². The standard InChI is InChI=1S/C18H25N5OS/c1-12-7-13(2)10-22(9-12)17(24)11-25-18-19-20-21-23(18)16-6-5-14(3)15(4)8-16/h5-6,8,12-13H,7,9-11H2,1-4H3/t12-,13+. The van der Waals surface area contributed by atoms with Crippen LogP contribution in [0.3, 0.4) is 0 Å². The van der Waals surface area contributed by atoms with E-state index in [0.29, 0.717) is 22.7 Å². The predicted octanol–water partition coefficient (Wildman–Crippen LogP) is 2.88. The summed E-state index contributed by atoms with van der Waals surface area (Å²) >= 11 is 1.40. The van der Waals surface area contributed by atoms with Crippen molar-refractivity contribution in [2.45, 2.75) is 39.3 Å². The highest BCUT2D eigenvalue weighted by atomic mass is 32.2. The van der Waals surface area contributed by atoms with Gasteiger partial charge in [-0.2, -0.15) is 4.68 Å². The lowest BCUT2D eigenvalue weighted by atomic mass is 9.92. The highest BCUT2D eigenvalue weighted by Crippen LogP contribution is 2.24. The Labute approximate surface area is 153 Å². The minimum absolute atomic E-state index is 0.165. The van der Waals surface area contributed by atoms with Crippen molar-refractivity contribution < 1.29 is 4.79 Å². The molecule has 1 aliphatic heterocycles. The van der Waals surface area contributed by atoms with Crippen LogP contribution in [0.5, 0.6) is 0 Å². The van der Waals surface area contributed by atoms with E-state index in [4.69, 9.17) is 0 Å². The topological polar surface area (TPSA) is 63.9 Å². The number of nitrogens with zero attached hydrogens (tertiary/aromatic N) is 5. The van der Waals surface area contributed by atoms with Gasteiger partial charge < -0.3 is 4.90 Å². The van der Waals surface area contributed by atoms with Gasteiger partial charge in [-0.25, -0.2) is 0 Å². The average Bonchev–Trinajstić information content (AvgIpc) is 3.02. The molecular weight excluding hydrogens is 334 g/mol. The average molecular weight is 359 g/mol. The lowest BCUT2D eigenvalue weighted by molar-refractivity contribution is -0.130. The van der Waals surface area contributed by atoms with Crippen LogP contribution in [-0.2, 0) is 4.79 Å². The quantitative estimate of drug-likeness (QED) is 0.786. The van der Waals surface area contributed by atoms with Gasteiger partial charge >= 0.3 is 0 Å². The van der Waals surface area contributed by atoms with Crippen molar-refractivity contribution in [3.05, 3.63) is 29.3 Å². The third kappa shape index (κ3) is 4.21. The van der Waals surface area contributed by atoms with Gasteiger partial charge in [0.05, 0.1) is 11.4 Å². The molecule has 1 saturated heterocycles. The molecule has 1 aromatic heterocycles. The molecule has 7 heteroatoms. The van der Waals surface area contributed by atoms with Gasteiger partial charge in [-0.15, -0.1) is 5.10 Å². The fourth-order valence-corrected chi connectivity index (χ4v) is 4.17. The molecular formula is C18H25N5OS. The van der Waals surface area contributed by atoms with Gasteiger partial charge in [0.2, 0.25) is 11.1 Å². The number of thioether (sulfide) groups is 1. The molecule has 2 aromatic rings. The Morgan fingerprint density at radius 2 is 1.92 bits per heavy atom. The van der Waals surface area contributed by atoms with Crippen LogP contribution >= 0.6 is 11.8 Å². The zero-order chi connectivity index (χ0) is 18.0. The number of benzene rings is 1. The van der Waals surface area contributed by atoms with Crippen LogP contribution in [0.25, 0.3) is 5.69 Å². The number of hydrogen-bond acceptors (Lipinski definition) is 5. The van der Waals surface area contributed by atoms with E-state index in [1.807, 2.05) is 11.0 Å². The highest BCUT2D eigenvalue weighted by Gasteiger charge is 2.25. The van der Waals surface area contributed by atoms with Gasteiger partial charge in [0.25, 0.3) is 0 Å².